The van der Waals surface area contributed by atoms with Crippen LogP contribution in [0.1, 0.15) is 52.9 Å². The maximum Gasteiger partial charge on any atom is 0.241 e. The molecule has 6 rings (SSSR count). The van der Waals surface area contributed by atoms with Gasteiger partial charge in [-0.05, 0) is 91.3 Å². The Balaban J connectivity index is 1.30. The highest BCUT2D eigenvalue weighted by molar-refractivity contribution is 7.89. The molecule has 0 radical (unpaired) electrons. The lowest BCUT2D eigenvalue weighted by atomic mass is 10.1. The number of hydrogen-bond donors (Lipinski definition) is 1. The zero-order valence-corrected chi connectivity index (χ0v) is 23.7. The highest BCUT2D eigenvalue weighted by Crippen LogP contribution is 2.49. The van der Waals surface area contributed by atoms with E-state index in [1.54, 1.807) is 12.1 Å². The molecule has 1 N–H and O–H groups in total. The Morgan fingerprint density at radius 3 is 2.58 bits per heavy atom. The van der Waals surface area contributed by atoms with E-state index in [4.69, 9.17) is 11.6 Å². The quantitative estimate of drug-likeness (QED) is 0.267. The van der Waals surface area contributed by atoms with E-state index in [0.717, 1.165) is 41.0 Å². The van der Waals surface area contributed by atoms with Gasteiger partial charge in [-0.2, -0.15) is 0 Å². The van der Waals surface area contributed by atoms with Crippen molar-refractivity contribution in [3.63, 3.8) is 0 Å². The van der Waals surface area contributed by atoms with Gasteiger partial charge < -0.3 is 4.90 Å². The van der Waals surface area contributed by atoms with Crippen molar-refractivity contribution in [3.05, 3.63) is 124 Å². The van der Waals surface area contributed by atoms with Crippen LogP contribution in [0.5, 0.6) is 0 Å². The van der Waals surface area contributed by atoms with Crippen LogP contribution < -0.4 is 9.62 Å². The summed E-state index contributed by atoms with van der Waals surface area (Å²) in [5.74, 6) is 0.164. The Labute approximate surface area is 240 Å². The van der Waals surface area contributed by atoms with Crippen molar-refractivity contribution < 1.29 is 13.2 Å². The topological polar surface area (TPSA) is 79.4 Å². The first-order valence-corrected chi connectivity index (χ1v) is 15.3. The van der Waals surface area contributed by atoms with Crippen LogP contribution in [0, 0.1) is 12.8 Å². The normalized spacial score (nSPS) is 19.7. The smallest absolute Gasteiger partial charge is 0.241 e. The zero-order valence-electron chi connectivity index (χ0n) is 22.1. The van der Waals surface area contributed by atoms with Gasteiger partial charge in [0.05, 0.1) is 17.1 Å². The Morgan fingerprint density at radius 1 is 1.00 bits per heavy atom. The molecule has 2 aliphatic carbocycles. The van der Waals surface area contributed by atoms with Crippen LogP contribution in [0.2, 0.25) is 5.02 Å². The van der Waals surface area contributed by atoms with E-state index < -0.39 is 16.1 Å². The lowest BCUT2D eigenvalue weighted by Gasteiger charge is -2.25. The van der Waals surface area contributed by atoms with Crippen molar-refractivity contribution >= 4 is 33.2 Å². The van der Waals surface area contributed by atoms with Crippen LogP contribution in [-0.4, -0.2) is 19.3 Å². The monoisotopic (exact) mass is 571 g/mol. The van der Waals surface area contributed by atoms with E-state index in [1.807, 2.05) is 66.4 Å². The van der Waals surface area contributed by atoms with Gasteiger partial charge in [0.15, 0.2) is 0 Å². The molecule has 1 amide bonds. The zero-order chi connectivity index (χ0) is 27.9. The van der Waals surface area contributed by atoms with Gasteiger partial charge in [0, 0.05) is 28.4 Å². The van der Waals surface area contributed by atoms with E-state index in [9.17, 15) is 13.2 Å². The summed E-state index contributed by atoms with van der Waals surface area (Å²) in [6.45, 7) is 2.28. The van der Waals surface area contributed by atoms with Gasteiger partial charge in [0.2, 0.25) is 15.9 Å². The first-order chi connectivity index (χ1) is 19.3. The predicted molar refractivity (Wildman–Crippen MR) is 157 cm³/mol. The van der Waals surface area contributed by atoms with E-state index in [0.29, 0.717) is 18.0 Å². The molecule has 1 aromatic heterocycles. The van der Waals surface area contributed by atoms with Crippen molar-refractivity contribution in [2.45, 2.75) is 49.6 Å². The number of aryl methyl sites for hydroxylation is 2. The van der Waals surface area contributed by atoms with Crippen molar-refractivity contribution in [2.24, 2.45) is 5.92 Å². The molecule has 204 valence electrons. The summed E-state index contributed by atoms with van der Waals surface area (Å²) in [6.07, 6.45) is 2.21. The number of rotatable bonds is 8. The molecule has 0 bridgehead atoms. The summed E-state index contributed by atoms with van der Waals surface area (Å²) in [4.78, 5) is 20.6. The van der Waals surface area contributed by atoms with Crippen molar-refractivity contribution in [2.75, 3.05) is 4.90 Å². The summed E-state index contributed by atoms with van der Waals surface area (Å²) < 4.78 is 29.2. The first kappa shape index (κ1) is 26.7. The molecular formula is C32H30ClN3O3S. The molecule has 3 unspecified atom stereocenters. The van der Waals surface area contributed by atoms with Crippen LogP contribution >= 0.6 is 11.6 Å². The second-order valence-electron chi connectivity index (χ2n) is 10.6. The molecule has 6 nitrogen and oxygen atoms in total. The number of halogens is 1. The van der Waals surface area contributed by atoms with Crippen LogP contribution in [0.4, 0.5) is 5.69 Å². The number of anilines is 1. The molecule has 3 atom stereocenters. The molecule has 4 aromatic rings. The number of fused-ring (bicyclic) bond motifs is 1. The number of benzene rings is 3. The Bertz CT molecular complexity index is 1680. The lowest BCUT2D eigenvalue weighted by molar-refractivity contribution is -0.120. The largest absolute Gasteiger partial charge is 0.306 e. The minimum Gasteiger partial charge on any atom is -0.306 e. The average molecular weight is 572 g/mol. The van der Waals surface area contributed by atoms with E-state index in [1.165, 1.54) is 17.7 Å². The molecule has 0 spiro atoms. The Hall–Kier alpha value is -3.52. The molecule has 1 fully saturated rings. The molecule has 0 aliphatic heterocycles. The van der Waals surface area contributed by atoms with Crippen LogP contribution in [0.3, 0.4) is 0 Å². The van der Waals surface area contributed by atoms with Gasteiger partial charge >= 0.3 is 0 Å². The van der Waals surface area contributed by atoms with Crippen LogP contribution in [-0.2, 0) is 27.8 Å². The number of pyridine rings is 1. The van der Waals surface area contributed by atoms with Crippen molar-refractivity contribution in [1.82, 2.24) is 9.71 Å². The highest BCUT2D eigenvalue weighted by atomic mass is 35.5. The van der Waals surface area contributed by atoms with Gasteiger partial charge in [-0.3, -0.25) is 9.78 Å². The SMILES string of the molecule is Cc1cccc(CN(C(=O)C2CC2c2ccccc2)c2ccc3c(c2)C(NS(=O)(=O)c2cccc(Cl)c2)CC3)n1. The standard InChI is InChI=1S/C32H30ClN3O3S/c1-21-7-5-11-25(34-21)20-36(32(37)30-19-28(30)22-8-3-2-4-9-22)26-15-13-23-14-16-31(29(23)18-26)35-40(38,39)27-12-6-10-24(33)17-27/h2-13,15,17-18,28,30-31,35H,14,16,19-20H2,1H3. The fourth-order valence-corrected chi connectivity index (χ4v) is 7.20. The van der Waals surface area contributed by atoms with Crippen molar-refractivity contribution in [1.29, 1.82) is 0 Å². The van der Waals surface area contributed by atoms with Gasteiger partial charge in [-0.1, -0.05) is 60.1 Å². The number of carbonyl (C=O) groups excluding carboxylic acids is 1. The minimum absolute atomic E-state index is 0.0613. The number of sulfonamides is 1. The summed E-state index contributed by atoms with van der Waals surface area (Å²) >= 11 is 6.06. The third kappa shape index (κ3) is 5.55. The fourth-order valence-electron chi connectivity index (χ4n) is 5.65. The number of nitrogens with one attached hydrogen (secondary N) is 1. The fraction of sp³-hybridized carbons (Fsp3) is 0.250. The molecule has 0 saturated heterocycles. The molecular weight excluding hydrogens is 542 g/mol. The number of carbonyl (C=O) groups is 1. The van der Waals surface area contributed by atoms with Gasteiger partial charge in [0.1, 0.15) is 0 Å². The van der Waals surface area contributed by atoms with E-state index >= 15 is 0 Å². The van der Waals surface area contributed by atoms with Gasteiger partial charge in [-0.15, -0.1) is 0 Å². The molecule has 1 heterocycles. The maximum atomic E-state index is 14.0. The van der Waals surface area contributed by atoms with Crippen molar-refractivity contribution in [3.8, 4) is 0 Å². The van der Waals surface area contributed by atoms with Crippen LogP contribution in [0.25, 0.3) is 0 Å². The van der Waals surface area contributed by atoms with Gasteiger partial charge in [-0.25, -0.2) is 13.1 Å². The number of amides is 1. The van der Waals surface area contributed by atoms with E-state index in [-0.39, 0.29) is 22.6 Å². The second kappa shape index (κ2) is 10.8. The molecule has 40 heavy (non-hydrogen) atoms. The molecule has 1 saturated carbocycles. The van der Waals surface area contributed by atoms with E-state index in [2.05, 4.69) is 21.8 Å². The summed E-state index contributed by atoms with van der Waals surface area (Å²) in [5.41, 5.74) is 5.61. The summed E-state index contributed by atoms with van der Waals surface area (Å²) in [5, 5.41) is 0.366. The molecule has 3 aromatic carbocycles. The molecule has 8 heteroatoms. The third-order valence-electron chi connectivity index (χ3n) is 7.79. The first-order valence-electron chi connectivity index (χ1n) is 13.5. The lowest BCUT2D eigenvalue weighted by Crippen LogP contribution is -2.33. The molecule has 2 aliphatic rings. The number of nitrogens with zero attached hydrogens (tertiary/aromatic N) is 2. The average Bonchev–Trinajstić information content (AvgIpc) is 3.67. The Kier molecular flexibility index (Phi) is 7.21. The maximum absolute atomic E-state index is 14.0. The Morgan fingerprint density at radius 2 is 1.80 bits per heavy atom. The third-order valence-corrected chi connectivity index (χ3v) is 9.49. The number of aromatic nitrogens is 1. The van der Waals surface area contributed by atoms with Crippen LogP contribution in [0.15, 0.2) is 95.9 Å². The second-order valence-corrected chi connectivity index (χ2v) is 12.8. The minimum atomic E-state index is -3.78. The predicted octanol–water partition coefficient (Wildman–Crippen LogP) is 6.35. The summed E-state index contributed by atoms with van der Waals surface area (Å²) in [6, 6.07) is 27.8. The number of hydrogen-bond acceptors (Lipinski definition) is 4. The summed E-state index contributed by atoms with van der Waals surface area (Å²) in [7, 11) is -3.78. The van der Waals surface area contributed by atoms with Gasteiger partial charge in [0.25, 0.3) is 0 Å². The highest BCUT2D eigenvalue weighted by Gasteiger charge is 2.46.